The number of fused-ring (bicyclic) bond motifs is 2. The van der Waals surface area contributed by atoms with E-state index in [2.05, 4.69) is 434 Å². The van der Waals surface area contributed by atoms with E-state index in [4.69, 9.17) is 0 Å². The second kappa shape index (κ2) is 28.7. The maximum absolute atomic E-state index is 2.35. The standard InChI is InChI=1S/C52H37N.C46H33N/c1-3-11-38(12-4-1)45-17-9-19-47(35-45)41-23-29-50(30-24-41)53(52-33-27-43(28-34-52)49-22-21-40-15-7-8-16-44(40)37-49)51-31-25-42(26-32-51)48-20-10-18-46(36-48)39-13-5-2-6-14-39;1-3-10-34(11-4-1)41-14-9-15-42(32-41)39-26-30-46(31-27-39)47(44-16-5-2-6-17-44)45-28-24-37(25-29-45)36-18-20-38(21-19-36)43-23-22-35-12-7-8-13-40(35)33-43/h1-37H;1-33H. The van der Waals surface area contributed by atoms with Crippen molar-refractivity contribution in [1.82, 2.24) is 0 Å². The molecule has 0 unspecified atom stereocenters. The highest BCUT2D eigenvalue weighted by Crippen LogP contribution is 2.41. The fourth-order valence-electron chi connectivity index (χ4n) is 13.6. The summed E-state index contributed by atoms with van der Waals surface area (Å²) in [5.74, 6) is 0. The Morgan fingerprint density at radius 3 is 0.540 bits per heavy atom. The Morgan fingerprint density at radius 1 is 0.100 bits per heavy atom. The predicted octanol–water partition coefficient (Wildman–Crippen LogP) is 27.6. The van der Waals surface area contributed by atoms with Crippen LogP contribution in [0.5, 0.6) is 0 Å². The molecule has 17 aromatic rings. The number of benzene rings is 17. The topological polar surface area (TPSA) is 6.48 Å². The van der Waals surface area contributed by atoms with Crippen LogP contribution in [0, 0.1) is 0 Å². The number of hydrogen-bond donors (Lipinski definition) is 0. The van der Waals surface area contributed by atoms with Crippen molar-refractivity contribution in [2.75, 3.05) is 9.80 Å². The highest BCUT2D eigenvalue weighted by molar-refractivity contribution is 5.90. The molecule has 0 spiro atoms. The van der Waals surface area contributed by atoms with Crippen molar-refractivity contribution in [3.8, 4) is 100 Å². The largest absolute Gasteiger partial charge is 0.311 e. The number of rotatable bonds is 15. The van der Waals surface area contributed by atoms with Gasteiger partial charge in [-0.15, -0.1) is 0 Å². The molecule has 0 saturated carbocycles. The second-order valence-corrected chi connectivity index (χ2v) is 25.3. The van der Waals surface area contributed by atoms with Crippen LogP contribution < -0.4 is 9.80 Å². The molecule has 0 amide bonds. The quantitative estimate of drug-likeness (QED) is 0.101. The molecule has 100 heavy (non-hydrogen) atoms. The molecule has 2 nitrogen and oxygen atoms in total. The molecule has 0 N–H and O–H groups in total. The molecular formula is C98H70N2. The molecule has 2 heteroatoms. The minimum absolute atomic E-state index is 1.10. The SMILES string of the molecule is c1ccc(-c2cccc(-c3ccc(N(c4ccc(-c5cccc(-c6ccccc6)c5)cc4)c4ccc(-c5ccc6ccccc6c5)cc4)cc3)c2)cc1.c1ccc(-c2cccc(-c3ccc(N(c4ccccc4)c4ccc(-c5ccc(-c6ccc7ccccc7c6)cc5)cc4)cc3)c2)cc1. The average Bonchev–Trinajstić information content (AvgIpc) is 0.803. The van der Waals surface area contributed by atoms with E-state index in [1.807, 2.05) is 0 Å². The normalized spacial score (nSPS) is 11.0. The van der Waals surface area contributed by atoms with Crippen molar-refractivity contribution >= 4 is 55.7 Å². The summed E-state index contributed by atoms with van der Waals surface area (Å²) in [6.45, 7) is 0. The minimum Gasteiger partial charge on any atom is -0.311 e. The Hall–Kier alpha value is -13.1. The van der Waals surface area contributed by atoms with Gasteiger partial charge in [0, 0.05) is 34.1 Å². The Morgan fingerprint density at radius 2 is 0.270 bits per heavy atom. The van der Waals surface area contributed by atoms with Gasteiger partial charge in [0.2, 0.25) is 0 Å². The van der Waals surface area contributed by atoms with Crippen molar-refractivity contribution in [2.24, 2.45) is 0 Å². The second-order valence-electron chi connectivity index (χ2n) is 25.3. The lowest BCUT2D eigenvalue weighted by molar-refractivity contribution is 1.28. The first-order valence-corrected chi connectivity index (χ1v) is 34.3. The zero-order chi connectivity index (χ0) is 66.8. The third-order valence-corrected chi connectivity index (χ3v) is 18.9. The van der Waals surface area contributed by atoms with Crippen LogP contribution in [0.2, 0.25) is 0 Å². The molecule has 0 aliphatic heterocycles. The maximum Gasteiger partial charge on any atom is 0.0462 e. The van der Waals surface area contributed by atoms with Gasteiger partial charge >= 0.3 is 0 Å². The van der Waals surface area contributed by atoms with Gasteiger partial charge in [-0.2, -0.15) is 0 Å². The Kier molecular flexibility index (Phi) is 17.7. The summed E-state index contributed by atoms with van der Waals surface area (Å²) in [7, 11) is 0. The fraction of sp³-hybridized carbons (Fsp3) is 0. The summed E-state index contributed by atoms with van der Waals surface area (Å²) < 4.78 is 0. The van der Waals surface area contributed by atoms with Crippen LogP contribution in [0.4, 0.5) is 34.1 Å². The number of anilines is 6. The lowest BCUT2D eigenvalue weighted by atomic mass is 9.98. The number of hydrogen-bond acceptors (Lipinski definition) is 2. The predicted molar refractivity (Wildman–Crippen MR) is 426 cm³/mol. The van der Waals surface area contributed by atoms with E-state index in [0.717, 1.165) is 34.1 Å². The summed E-state index contributed by atoms with van der Waals surface area (Å²) in [6, 6.07) is 153. The van der Waals surface area contributed by atoms with E-state index < -0.39 is 0 Å². The Labute approximate surface area is 586 Å². The van der Waals surface area contributed by atoms with E-state index in [0.29, 0.717) is 0 Å². The van der Waals surface area contributed by atoms with Gasteiger partial charge in [0.1, 0.15) is 0 Å². The zero-order valence-corrected chi connectivity index (χ0v) is 55.3. The van der Waals surface area contributed by atoms with Gasteiger partial charge in [-0.1, -0.05) is 322 Å². The average molecular weight is 1280 g/mol. The monoisotopic (exact) mass is 1270 g/mol. The molecule has 0 heterocycles. The highest BCUT2D eigenvalue weighted by Gasteiger charge is 2.17. The van der Waals surface area contributed by atoms with Gasteiger partial charge in [-0.3, -0.25) is 0 Å². The summed E-state index contributed by atoms with van der Waals surface area (Å²) in [5, 5.41) is 5.03. The van der Waals surface area contributed by atoms with Gasteiger partial charge in [0.15, 0.2) is 0 Å². The molecule has 0 bridgehead atoms. The molecule has 0 radical (unpaired) electrons. The number of para-hydroxylation sites is 1. The van der Waals surface area contributed by atoms with Gasteiger partial charge in [-0.05, 0) is 225 Å². The van der Waals surface area contributed by atoms with Crippen LogP contribution in [0.25, 0.3) is 122 Å². The van der Waals surface area contributed by atoms with Gasteiger partial charge in [-0.25, -0.2) is 0 Å². The van der Waals surface area contributed by atoms with Crippen molar-refractivity contribution in [1.29, 1.82) is 0 Å². The summed E-state index contributed by atoms with van der Waals surface area (Å²) in [6.07, 6.45) is 0. The number of nitrogens with zero attached hydrogens (tertiary/aromatic N) is 2. The van der Waals surface area contributed by atoms with Crippen LogP contribution in [0.1, 0.15) is 0 Å². The molecular weight excluding hydrogens is 1210 g/mol. The first kappa shape index (κ1) is 61.7. The minimum atomic E-state index is 1.10. The van der Waals surface area contributed by atoms with Crippen LogP contribution in [0.15, 0.2) is 425 Å². The van der Waals surface area contributed by atoms with Crippen molar-refractivity contribution < 1.29 is 0 Å². The van der Waals surface area contributed by atoms with Crippen molar-refractivity contribution in [3.63, 3.8) is 0 Å². The van der Waals surface area contributed by atoms with Gasteiger partial charge in [0.25, 0.3) is 0 Å². The van der Waals surface area contributed by atoms with Gasteiger partial charge < -0.3 is 9.80 Å². The van der Waals surface area contributed by atoms with E-state index >= 15 is 0 Å². The molecule has 0 saturated heterocycles. The van der Waals surface area contributed by atoms with Crippen molar-refractivity contribution in [2.45, 2.75) is 0 Å². The first-order chi connectivity index (χ1) is 49.5. The Bertz CT molecular complexity index is 5450. The maximum atomic E-state index is 2.35. The molecule has 472 valence electrons. The highest BCUT2D eigenvalue weighted by atomic mass is 15.1. The smallest absolute Gasteiger partial charge is 0.0462 e. The molecule has 0 aliphatic rings. The third-order valence-electron chi connectivity index (χ3n) is 18.9. The first-order valence-electron chi connectivity index (χ1n) is 34.3. The lowest BCUT2D eigenvalue weighted by Gasteiger charge is -2.26. The molecule has 0 aliphatic carbocycles. The van der Waals surface area contributed by atoms with Crippen LogP contribution in [0.3, 0.4) is 0 Å². The third kappa shape index (κ3) is 13.7. The van der Waals surface area contributed by atoms with E-state index in [-0.39, 0.29) is 0 Å². The lowest BCUT2D eigenvalue weighted by Crippen LogP contribution is -2.09. The van der Waals surface area contributed by atoms with Crippen LogP contribution in [-0.4, -0.2) is 0 Å². The van der Waals surface area contributed by atoms with E-state index in [1.54, 1.807) is 0 Å². The molecule has 17 aromatic carbocycles. The van der Waals surface area contributed by atoms with Crippen LogP contribution >= 0.6 is 0 Å². The molecule has 0 aromatic heterocycles. The van der Waals surface area contributed by atoms with Gasteiger partial charge in [0.05, 0.1) is 0 Å². The molecule has 0 atom stereocenters. The van der Waals surface area contributed by atoms with Crippen molar-refractivity contribution in [3.05, 3.63) is 425 Å². The summed E-state index contributed by atoms with van der Waals surface area (Å²) >= 11 is 0. The summed E-state index contributed by atoms with van der Waals surface area (Å²) in [5.41, 5.74) is 28.4. The fourth-order valence-corrected chi connectivity index (χ4v) is 13.6. The van der Waals surface area contributed by atoms with Crippen LogP contribution in [-0.2, 0) is 0 Å². The summed E-state index contributed by atoms with van der Waals surface area (Å²) in [4.78, 5) is 4.66. The van der Waals surface area contributed by atoms with E-state index in [1.165, 1.54) is 122 Å². The molecule has 0 fully saturated rings. The van der Waals surface area contributed by atoms with E-state index in [9.17, 15) is 0 Å². The zero-order valence-electron chi connectivity index (χ0n) is 55.3. The molecule has 17 rings (SSSR count). The Balaban J connectivity index is 0.000000157.